The van der Waals surface area contributed by atoms with E-state index in [1.165, 1.54) is 30.5 Å². The van der Waals surface area contributed by atoms with Gasteiger partial charge in [0, 0.05) is 25.1 Å². The minimum atomic E-state index is -2.87. The van der Waals surface area contributed by atoms with Crippen molar-refractivity contribution in [2.45, 2.75) is 19.3 Å². The molecule has 0 amide bonds. The molecule has 2 aromatic rings. The van der Waals surface area contributed by atoms with Crippen molar-refractivity contribution in [3.63, 3.8) is 0 Å². The molecule has 0 bridgehead atoms. The molecular formula is C19H23F4N7S. The van der Waals surface area contributed by atoms with Crippen molar-refractivity contribution in [1.82, 2.24) is 24.7 Å². The number of hydrogen-bond donors (Lipinski definition) is 3. The molecule has 2 atom stereocenters. The molecule has 0 spiro atoms. The summed E-state index contributed by atoms with van der Waals surface area (Å²) in [6.45, 7) is 2.01. The van der Waals surface area contributed by atoms with Crippen LogP contribution >= 0.6 is 11.9 Å². The molecule has 3 rings (SSSR count). The molecule has 0 aliphatic carbocycles. The molecule has 0 radical (unpaired) electrons. The molecule has 0 saturated carbocycles. The number of nitrogens with one attached hydrogen (secondary N) is 3. The number of aromatic nitrogens is 4. The van der Waals surface area contributed by atoms with Crippen LogP contribution in [-0.4, -0.2) is 63.9 Å². The van der Waals surface area contributed by atoms with Crippen LogP contribution < -0.4 is 9.62 Å². The second kappa shape index (κ2) is 9.77. The summed E-state index contributed by atoms with van der Waals surface area (Å²) in [6.07, 6.45) is 3.95. The molecule has 3 heterocycles. The van der Waals surface area contributed by atoms with Crippen LogP contribution in [0, 0.1) is 17.2 Å². The van der Waals surface area contributed by atoms with Crippen LogP contribution in [0.4, 0.5) is 23.4 Å². The summed E-state index contributed by atoms with van der Waals surface area (Å²) in [4.78, 5) is 16.9. The van der Waals surface area contributed by atoms with Crippen LogP contribution in [0.3, 0.4) is 0 Å². The standard InChI is InChI=1S/C19H23F4N7S/c1-11-12(6-28-31-2)8-30(9-19(11,22)23)17-5-14(26-10-27-17)15-7-25-16(29-15)4-3-13(24)18(20)21/h3-5,7,10-12,18,24,28H,6,8-9H2,1-2H3,(H,25,29)/b4-3-,24-13?. The number of aromatic amines is 1. The van der Waals surface area contributed by atoms with Gasteiger partial charge in [0.25, 0.3) is 12.3 Å². The number of halogens is 4. The van der Waals surface area contributed by atoms with E-state index >= 15 is 0 Å². The van der Waals surface area contributed by atoms with Gasteiger partial charge in [-0.3, -0.25) is 10.1 Å². The molecule has 12 heteroatoms. The fourth-order valence-electron chi connectivity index (χ4n) is 3.32. The largest absolute Gasteiger partial charge is 0.350 e. The number of H-pyrrole nitrogens is 1. The number of allylic oxidation sites excluding steroid dienone is 1. The van der Waals surface area contributed by atoms with Crippen LogP contribution in [0.25, 0.3) is 17.5 Å². The third kappa shape index (κ3) is 5.62. The van der Waals surface area contributed by atoms with Gasteiger partial charge < -0.3 is 9.88 Å². The Labute approximate surface area is 181 Å². The Balaban J connectivity index is 1.79. The lowest BCUT2D eigenvalue weighted by Crippen LogP contribution is -2.54. The van der Waals surface area contributed by atoms with Crippen molar-refractivity contribution in [2.24, 2.45) is 11.8 Å². The zero-order valence-electron chi connectivity index (χ0n) is 16.9. The lowest BCUT2D eigenvalue weighted by atomic mass is 9.84. The molecule has 168 valence electrons. The summed E-state index contributed by atoms with van der Waals surface area (Å²) in [6, 6.07) is 1.59. The third-order valence-electron chi connectivity index (χ3n) is 5.22. The zero-order chi connectivity index (χ0) is 22.6. The summed E-state index contributed by atoms with van der Waals surface area (Å²) >= 11 is 1.39. The number of imidazole rings is 1. The van der Waals surface area contributed by atoms with E-state index in [-0.39, 0.29) is 11.7 Å². The first kappa shape index (κ1) is 23.2. The first-order valence-corrected chi connectivity index (χ1v) is 10.7. The molecule has 2 aromatic heterocycles. The van der Waals surface area contributed by atoms with Crippen molar-refractivity contribution < 1.29 is 17.6 Å². The summed E-state index contributed by atoms with van der Waals surface area (Å²) in [7, 11) is 0. The van der Waals surface area contributed by atoms with Gasteiger partial charge in [-0.15, -0.1) is 0 Å². The molecule has 1 saturated heterocycles. The van der Waals surface area contributed by atoms with E-state index in [2.05, 4.69) is 24.7 Å². The molecule has 2 unspecified atom stereocenters. The second-order valence-corrected chi connectivity index (χ2v) is 7.97. The normalized spacial score (nSPS) is 21.2. The van der Waals surface area contributed by atoms with Crippen LogP contribution in [0.2, 0.25) is 0 Å². The maximum Gasteiger partial charge on any atom is 0.279 e. The Kier molecular flexibility index (Phi) is 7.31. The van der Waals surface area contributed by atoms with Gasteiger partial charge in [-0.25, -0.2) is 32.5 Å². The summed E-state index contributed by atoms with van der Waals surface area (Å²) in [5.74, 6) is -3.25. The van der Waals surface area contributed by atoms with E-state index in [1.54, 1.807) is 17.9 Å². The first-order valence-electron chi connectivity index (χ1n) is 9.52. The summed E-state index contributed by atoms with van der Waals surface area (Å²) < 4.78 is 57.2. The Morgan fingerprint density at radius 1 is 1.42 bits per heavy atom. The number of piperidine rings is 1. The smallest absolute Gasteiger partial charge is 0.279 e. The zero-order valence-corrected chi connectivity index (χ0v) is 17.8. The maximum absolute atomic E-state index is 14.6. The van der Waals surface area contributed by atoms with Gasteiger partial charge >= 0.3 is 0 Å². The molecule has 1 aliphatic heterocycles. The van der Waals surface area contributed by atoms with Gasteiger partial charge in [-0.2, -0.15) is 0 Å². The molecular weight excluding hydrogens is 434 g/mol. The number of rotatable bonds is 8. The summed E-state index contributed by atoms with van der Waals surface area (Å²) in [5.41, 5.74) is 0.0828. The molecule has 0 aromatic carbocycles. The number of anilines is 1. The topological polar surface area (TPSA) is 93.6 Å². The first-order chi connectivity index (χ1) is 14.7. The van der Waals surface area contributed by atoms with Crippen molar-refractivity contribution in [1.29, 1.82) is 5.41 Å². The second-order valence-electron chi connectivity index (χ2n) is 7.28. The predicted octanol–water partition coefficient (Wildman–Crippen LogP) is 3.74. The maximum atomic E-state index is 14.6. The van der Waals surface area contributed by atoms with Crippen LogP contribution in [0.1, 0.15) is 12.7 Å². The van der Waals surface area contributed by atoms with Crippen LogP contribution in [0.15, 0.2) is 24.7 Å². The highest BCUT2D eigenvalue weighted by molar-refractivity contribution is 7.96. The van der Waals surface area contributed by atoms with E-state index in [0.717, 1.165) is 6.08 Å². The Bertz CT molecular complexity index is 933. The molecule has 3 N–H and O–H groups in total. The average Bonchev–Trinajstić information content (AvgIpc) is 3.22. The van der Waals surface area contributed by atoms with Gasteiger partial charge in [-0.05, 0) is 24.3 Å². The fraction of sp³-hybridized carbons (Fsp3) is 0.474. The van der Waals surface area contributed by atoms with Gasteiger partial charge in [-0.1, -0.05) is 18.9 Å². The third-order valence-corrected chi connectivity index (χ3v) is 5.68. The minimum Gasteiger partial charge on any atom is -0.350 e. The number of alkyl halides is 4. The lowest BCUT2D eigenvalue weighted by Gasteiger charge is -2.42. The average molecular weight is 458 g/mol. The van der Waals surface area contributed by atoms with Crippen LogP contribution in [0.5, 0.6) is 0 Å². The Hall–Kier alpha value is -2.47. The Morgan fingerprint density at radius 2 is 2.19 bits per heavy atom. The van der Waals surface area contributed by atoms with Gasteiger partial charge in [0.1, 0.15) is 18.0 Å². The molecule has 7 nitrogen and oxygen atoms in total. The van der Waals surface area contributed by atoms with E-state index in [1.807, 2.05) is 6.26 Å². The highest BCUT2D eigenvalue weighted by Crippen LogP contribution is 2.38. The Morgan fingerprint density at radius 3 is 2.90 bits per heavy atom. The number of hydrogen-bond acceptors (Lipinski definition) is 7. The monoisotopic (exact) mass is 457 g/mol. The van der Waals surface area contributed by atoms with E-state index in [9.17, 15) is 17.6 Å². The van der Waals surface area contributed by atoms with Crippen molar-refractivity contribution in [2.75, 3.05) is 30.8 Å². The van der Waals surface area contributed by atoms with Gasteiger partial charge in [0.05, 0.1) is 29.8 Å². The fourth-order valence-corrected chi connectivity index (χ4v) is 3.70. The highest BCUT2D eigenvalue weighted by atomic mass is 32.2. The van der Waals surface area contributed by atoms with E-state index in [0.29, 0.717) is 30.3 Å². The minimum absolute atomic E-state index is 0.260. The summed E-state index contributed by atoms with van der Waals surface area (Å²) in [5, 5.41) is 7.14. The van der Waals surface area contributed by atoms with E-state index < -0.39 is 30.5 Å². The quantitative estimate of drug-likeness (QED) is 0.318. The van der Waals surface area contributed by atoms with Crippen molar-refractivity contribution >= 4 is 29.6 Å². The molecule has 1 aliphatic rings. The van der Waals surface area contributed by atoms with Crippen molar-refractivity contribution in [3.8, 4) is 11.4 Å². The van der Waals surface area contributed by atoms with Gasteiger partial charge in [0.2, 0.25) is 0 Å². The predicted molar refractivity (Wildman–Crippen MR) is 114 cm³/mol. The molecule has 1 fully saturated rings. The van der Waals surface area contributed by atoms with Crippen molar-refractivity contribution in [3.05, 3.63) is 30.5 Å². The van der Waals surface area contributed by atoms with Crippen LogP contribution in [-0.2, 0) is 0 Å². The van der Waals surface area contributed by atoms with E-state index in [4.69, 9.17) is 5.41 Å². The SMILES string of the molecule is CSNCC1CN(c2cc(-c3cnc(/C=C\C(=N)C(F)F)[nH]3)ncn2)CC(F)(F)C1C. The number of nitrogens with zero attached hydrogens (tertiary/aromatic N) is 4. The highest BCUT2D eigenvalue weighted by Gasteiger charge is 2.47. The lowest BCUT2D eigenvalue weighted by molar-refractivity contribution is -0.0784. The van der Waals surface area contributed by atoms with Gasteiger partial charge in [0.15, 0.2) is 0 Å². The molecule has 31 heavy (non-hydrogen) atoms.